The number of rotatable bonds is 14. The Balaban J connectivity index is 0.759. The number of fused-ring (bicyclic) bond motifs is 2. The molecule has 4 aromatic rings. The number of hydrogen-bond donors (Lipinski definition) is 2. The molecule has 0 radical (unpaired) electrons. The number of aryl methyl sites for hydroxylation is 1. The van der Waals surface area contributed by atoms with Crippen LogP contribution in [-0.4, -0.2) is 117 Å². The van der Waals surface area contributed by atoms with Crippen molar-refractivity contribution in [3.63, 3.8) is 0 Å². The fourth-order valence-corrected chi connectivity index (χ4v) is 8.85. The van der Waals surface area contributed by atoms with E-state index < -0.39 is 29.7 Å². The molecule has 3 aliphatic heterocycles. The minimum atomic E-state index is -1.02. The van der Waals surface area contributed by atoms with E-state index in [1.54, 1.807) is 23.8 Å². The summed E-state index contributed by atoms with van der Waals surface area (Å²) in [6.45, 7) is 7.30. The highest BCUT2D eigenvalue weighted by Crippen LogP contribution is 2.33. The lowest BCUT2D eigenvalue weighted by Crippen LogP contribution is -2.54. The molecule has 1 unspecified atom stereocenters. The van der Waals surface area contributed by atoms with Crippen LogP contribution in [0, 0.1) is 6.92 Å². The fourth-order valence-electron chi connectivity index (χ4n) is 8.85. The molecule has 1 saturated carbocycles. The quantitative estimate of drug-likeness (QED) is 0.107. The number of pyridine rings is 2. The van der Waals surface area contributed by atoms with Crippen molar-refractivity contribution in [1.82, 2.24) is 40.0 Å². The molecule has 61 heavy (non-hydrogen) atoms. The monoisotopic (exact) mass is 831 g/mol. The van der Waals surface area contributed by atoms with Gasteiger partial charge in [-0.3, -0.25) is 58.2 Å². The standard InChI is InChI=1S/C44H49N9O8/c1-26-34-24-47-36(48-40(34)52(29-7-3-4-8-29)44(60)39(26)27(2)54)21-28-9-10-30(23-46-28)51-18-16-50(17-19-51)25-38(56)45-15-5-6-20-61-31-11-12-32-33(22-31)43(59)53(42(32)58)35-13-14-37(55)49-41(35)57/h9-12,22-24,29,35H,3-8,13-21,25H2,1-2H3,(H,45,56)(H,49,55,57). The number of nitrogens with one attached hydrogen (secondary N) is 2. The number of unbranched alkanes of at least 4 members (excludes halogenated alkanes) is 1. The summed E-state index contributed by atoms with van der Waals surface area (Å²) in [5, 5.41) is 5.90. The van der Waals surface area contributed by atoms with E-state index in [0.717, 1.165) is 73.5 Å². The van der Waals surface area contributed by atoms with Crippen LogP contribution in [0.3, 0.4) is 0 Å². The second kappa shape index (κ2) is 17.7. The lowest BCUT2D eigenvalue weighted by Gasteiger charge is -2.35. The van der Waals surface area contributed by atoms with Crippen LogP contribution in [0.4, 0.5) is 5.69 Å². The lowest BCUT2D eigenvalue weighted by molar-refractivity contribution is -0.136. The second-order valence-corrected chi connectivity index (χ2v) is 16.2. The molecule has 0 bridgehead atoms. The largest absolute Gasteiger partial charge is 0.494 e. The number of piperazine rings is 1. The summed E-state index contributed by atoms with van der Waals surface area (Å²) in [5.74, 6) is -1.55. The van der Waals surface area contributed by atoms with Gasteiger partial charge in [-0.15, -0.1) is 0 Å². The molecule has 6 heterocycles. The normalized spacial score (nSPS) is 18.5. The molecule has 0 spiro atoms. The van der Waals surface area contributed by atoms with E-state index in [0.29, 0.717) is 61.7 Å². The first-order valence-corrected chi connectivity index (χ1v) is 21.1. The molecule has 17 nitrogen and oxygen atoms in total. The number of benzene rings is 1. The zero-order valence-corrected chi connectivity index (χ0v) is 34.4. The van der Waals surface area contributed by atoms with Gasteiger partial charge in [-0.1, -0.05) is 12.8 Å². The molecule has 17 heteroatoms. The number of aromatic nitrogens is 4. The number of hydrogen-bond acceptors (Lipinski definition) is 13. The van der Waals surface area contributed by atoms with Crippen molar-refractivity contribution < 1.29 is 33.5 Å². The summed E-state index contributed by atoms with van der Waals surface area (Å²) in [7, 11) is 0. The first kappa shape index (κ1) is 41.4. The Bertz CT molecular complexity index is 2470. The summed E-state index contributed by atoms with van der Waals surface area (Å²) in [4.78, 5) is 108. The number of ether oxygens (including phenoxy) is 1. The van der Waals surface area contributed by atoms with Gasteiger partial charge < -0.3 is 15.0 Å². The topological polar surface area (TPSA) is 206 Å². The molecule has 1 atom stereocenters. The summed E-state index contributed by atoms with van der Waals surface area (Å²) in [6, 6.07) is 7.62. The Labute approximate surface area is 351 Å². The molecule has 2 N–H and O–H groups in total. The van der Waals surface area contributed by atoms with Crippen LogP contribution in [0.1, 0.15) is 112 Å². The zero-order valence-electron chi connectivity index (χ0n) is 34.4. The maximum absolute atomic E-state index is 13.6. The van der Waals surface area contributed by atoms with Gasteiger partial charge in [0, 0.05) is 62.5 Å². The third-order valence-electron chi connectivity index (χ3n) is 12.1. The van der Waals surface area contributed by atoms with Crippen molar-refractivity contribution in [2.24, 2.45) is 0 Å². The van der Waals surface area contributed by atoms with Gasteiger partial charge in [0.15, 0.2) is 5.78 Å². The highest BCUT2D eigenvalue weighted by atomic mass is 16.5. The maximum atomic E-state index is 13.6. The van der Waals surface area contributed by atoms with Crippen LogP contribution in [-0.2, 0) is 20.8 Å². The molecule has 1 aromatic carbocycles. The van der Waals surface area contributed by atoms with Crippen LogP contribution < -0.4 is 25.8 Å². The molecule has 318 valence electrons. The Morgan fingerprint density at radius 1 is 0.902 bits per heavy atom. The van der Waals surface area contributed by atoms with Gasteiger partial charge in [-0.2, -0.15) is 0 Å². The zero-order chi connectivity index (χ0) is 42.8. The van der Waals surface area contributed by atoms with E-state index in [1.165, 1.54) is 19.1 Å². The van der Waals surface area contributed by atoms with Crippen LogP contribution in [0.5, 0.6) is 5.75 Å². The number of ketones is 1. The number of Topliss-reactive ketones (excluding diaryl/α,β-unsaturated/α-hetero) is 1. The second-order valence-electron chi connectivity index (χ2n) is 16.2. The Hall–Kier alpha value is -6.36. The van der Waals surface area contributed by atoms with Crippen molar-refractivity contribution in [2.45, 2.75) is 83.7 Å². The first-order chi connectivity index (χ1) is 29.5. The summed E-state index contributed by atoms with van der Waals surface area (Å²) >= 11 is 0. The van der Waals surface area contributed by atoms with Crippen LogP contribution in [0.15, 0.2) is 47.5 Å². The predicted molar refractivity (Wildman–Crippen MR) is 223 cm³/mol. The van der Waals surface area contributed by atoms with Gasteiger partial charge in [0.25, 0.3) is 17.4 Å². The predicted octanol–water partition coefficient (Wildman–Crippen LogP) is 2.90. The number of amides is 5. The molecule has 8 rings (SSSR count). The molecule has 4 aliphatic rings. The van der Waals surface area contributed by atoms with Gasteiger partial charge in [0.2, 0.25) is 17.7 Å². The van der Waals surface area contributed by atoms with E-state index in [2.05, 4.69) is 25.4 Å². The molecule has 5 amide bonds. The number of imide groups is 2. The fraction of sp³-hybridized carbons (Fsp3) is 0.455. The molecule has 3 fully saturated rings. The van der Waals surface area contributed by atoms with Crippen LogP contribution in [0.25, 0.3) is 11.0 Å². The Morgan fingerprint density at radius 2 is 1.67 bits per heavy atom. The third kappa shape index (κ3) is 8.64. The van der Waals surface area contributed by atoms with Crippen LogP contribution in [0.2, 0.25) is 0 Å². The highest BCUT2D eigenvalue weighted by Gasteiger charge is 2.44. The van der Waals surface area contributed by atoms with E-state index in [-0.39, 0.29) is 52.8 Å². The number of piperidine rings is 1. The molecule has 3 aromatic heterocycles. The molecular formula is C44H49N9O8. The number of carbonyl (C=O) groups excluding carboxylic acids is 6. The molecular weight excluding hydrogens is 783 g/mol. The van der Waals surface area contributed by atoms with E-state index in [4.69, 9.17) is 14.7 Å². The SMILES string of the molecule is CC(=O)c1c(C)c2cnc(Cc3ccc(N4CCN(CC(=O)NCCCCOc5ccc6c(c5)C(=O)N(C5CCC(=O)NC5=O)C6=O)CC4)cn3)nc2n(C2CCCC2)c1=O. The van der Waals surface area contributed by atoms with Gasteiger partial charge in [-0.25, -0.2) is 9.97 Å². The smallest absolute Gasteiger partial charge is 0.263 e. The summed E-state index contributed by atoms with van der Waals surface area (Å²) < 4.78 is 7.56. The Morgan fingerprint density at radius 3 is 2.39 bits per heavy atom. The third-order valence-corrected chi connectivity index (χ3v) is 12.1. The summed E-state index contributed by atoms with van der Waals surface area (Å²) in [5.41, 5.74) is 3.30. The van der Waals surface area contributed by atoms with E-state index in [9.17, 15) is 33.6 Å². The van der Waals surface area contributed by atoms with Crippen molar-refractivity contribution in [3.8, 4) is 5.75 Å². The van der Waals surface area contributed by atoms with Crippen molar-refractivity contribution in [1.29, 1.82) is 0 Å². The number of anilines is 1. The van der Waals surface area contributed by atoms with E-state index in [1.807, 2.05) is 18.3 Å². The number of carbonyl (C=O) groups is 6. The van der Waals surface area contributed by atoms with Gasteiger partial charge in [-0.05, 0) is 81.8 Å². The Kier molecular flexibility index (Phi) is 12.0. The van der Waals surface area contributed by atoms with Crippen molar-refractivity contribution in [3.05, 3.63) is 86.9 Å². The minimum Gasteiger partial charge on any atom is -0.494 e. The summed E-state index contributed by atoms with van der Waals surface area (Å²) in [6.07, 6.45) is 9.30. The van der Waals surface area contributed by atoms with E-state index >= 15 is 0 Å². The average Bonchev–Trinajstić information content (AvgIpc) is 3.85. The molecule has 1 aliphatic carbocycles. The van der Waals surface area contributed by atoms with Crippen molar-refractivity contribution in [2.75, 3.05) is 50.8 Å². The van der Waals surface area contributed by atoms with Crippen molar-refractivity contribution >= 4 is 52.0 Å². The van der Waals surface area contributed by atoms with Gasteiger partial charge >= 0.3 is 0 Å². The first-order valence-electron chi connectivity index (χ1n) is 21.1. The van der Waals surface area contributed by atoms with Crippen LogP contribution >= 0.6 is 0 Å². The minimum absolute atomic E-state index is 0.0158. The number of nitrogens with zero attached hydrogens (tertiary/aromatic N) is 7. The van der Waals surface area contributed by atoms with Gasteiger partial charge in [0.05, 0.1) is 48.1 Å². The maximum Gasteiger partial charge on any atom is 0.263 e. The lowest BCUT2D eigenvalue weighted by atomic mass is 10.0. The average molecular weight is 832 g/mol. The van der Waals surface area contributed by atoms with Gasteiger partial charge in [0.1, 0.15) is 23.3 Å². The highest BCUT2D eigenvalue weighted by molar-refractivity contribution is 6.23. The molecule has 2 saturated heterocycles.